The lowest BCUT2D eigenvalue weighted by atomic mass is 10.2. The van der Waals surface area contributed by atoms with Gasteiger partial charge in [-0.15, -0.1) is 11.3 Å². The second-order valence-electron chi connectivity index (χ2n) is 3.90. The van der Waals surface area contributed by atoms with Crippen molar-refractivity contribution in [3.63, 3.8) is 0 Å². The maximum atomic E-state index is 10.8. The molecule has 2 rings (SSSR count). The molecule has 0 saturated heterocycles. The number of aromatic nitrogens is 1. The lowest BCUT2D eigenvalue weighted by Gasteiger charge is -2.13. The highest BCUT2D eigenvalue weighted by Crippen LogP contribution is 2.24. The van der Waals surface area contributed by atoms with E-state index in [1.54, 1.807) is 18.2 Å². The van der Waals surface area contributed by atoms with Crippen molar-refractivity contribution >= 4 is 23.0 Å². The summed E-state index contributed by atoms with van der Waals surface area (Å²) in [6.07, 6.45) is 0. The standard InChI is InChI=1S/C13H11N3O2S/c1-8(12-16-11(7-19-12)13(17)18)15-10-5-3-2-4-9(10)6-14/h2-5,7-8,15H,1H3,(H,17,18). The first-order valence-corrected chi connectivity index (χ1v) is 6.44. The Balaban J connectivity index is 2.18. The maximum absolute atomic E-state index is 10.8. The average Bonchev–Trinajstić information content (AvgIpc) is 2.89. The van der Waals surface area contributed by atoms with Gasteiger partial charge < -0.3 is 10.4 Å². The van der Waals surface area contributed by atoms with Gasteiger partial charge in [-0.25, -0.2) is 9.78 Å². The fourth-order valence-corrected chi connectivity index (χ4v) is 2.39. The van der Waals surface area contributed by atoms with E-state index in [2.05, 4.69) is 16.4 Å². The van der Waals surface area contributed by atoms with E-state index >= 15 is 0 Å². The number of anilines is 1. The van der Waals surface area contributed by atoms with Crippen molar-refractivity contribution in [2.75, 3.05) is 5.32 Å². The predicted molar refractivity (Wildman–Crippen MR) is 72.3 cm³/mol. The first kappa shape index (κ1) is 13.1. The Morgan fingerprint density at radius 1 is 1.53 bits per heavy atom. The van der Waals surface area contributed by atoms with Crippen LogP contribution in [0.2, 0.25) is 0 Å². The number of benzene rings is 1. The summed E-state index contributed by atoms with van der Waals surface area (Å²) in [5.74, 6) is -1.04. The van der Waals surface area contributed by atoms with E-state index in [4.69, 9.17) is 10.4 Å². The minimum Gasteiger partial charge on any atom is -0.476 e. The molecule has 0 spiro atoms. The summed E-state index contributed by atoms with van der Waals surface area (Å²) >= 11 is 1.28. The summed E-state index contributed by atoms with van der Waals surface area (Å²) in [6.45, 7) is 1.87. The first-order valence-electron chi connectivity index (χ1n) is 5.56. The zero-order valence-corrected chi connectivity index (χ0v) is 10.9. The third-order valence-corrected chi connectivity index (χ3v) is 3.56. The number of nitrogens with zero attached hydrogens (tertiary/aromatic N) is 2. The number of carbonyl (C=O) groups is 1. The molecule has 0 saturated carbocycles. The van der Waals surface area contributed by atoms with Crippen LogP contribution in [0.15, 0.2) is 29.6 Å². The highest BCUT2D eigenvalue weighted by Gasteiger charge is 2.14. The van der Waals surface area contributed by atoms with Crippen LogP contribution in [-0.4, -0.2) is 16.1 Å². The fraction of sp³-hybridized carbons (Fsp3) is 0.154. The molecule has 96 valence electrons. The molecule has 0 amide bonds. The van der Waals surface area contributed by atoms with Gasteiger partial charge in [-0.1, -0.05) is 12.1 Å². The van der Waals surface area contributed by atoms with Crippen LogP contribution < -0.4 is 5.32 Å². The van der Waals surface area contributed by atoms with Gasteiger partial charge in [0, 0.05) is 5.38 Å². The monoisotopic (exact) mass is 273 g/mol. The van der Waals surface area contributed by atoms with E-state index in [-0.39, 0.29) is 11.7 Å². The average molecular weight is 273 g/mol. The SMILES string of the molecule is CC(Nc1ccccc1C#N)c1nc(C(=O)O)cs1. The molecule has 5 nitrogen and oxygen atoms in total. The van der Waals surface area contributed by atoms with Crippen molar-refractivity contribution < 1.29 is 9.90 Å². The number of hydrogen-bond acceptors (Lipinski definition) is 5. The predicted octanol–water partition coefficient (Wildman–Crippen LogP) is 2.89. The van der Waals surface area contributed by atoms with Crippen molar-refractivity contribution in [3.8, 4) is 6.07 Å². The second kappa shape index (κ2) is 5.50. The van der Waals surface area contributed by atoms with Crippen LogP contribution in [-0.2, 0) is 0 Å². The van der Waals surface area contributed by atoms with E-state index < -0.39 is 5.97 Å². The summed E-state index contributed by atoms with van der Waals surface area (Å²) < 4.78 is 0. The van der Waals surface area contributed by atoms with Gasteiger partial charge in [0.25, 0.3) is 0 Å². The topological polar surface area (TPSA) is 86.0 Å². The zero-order valence-electron chi connectivity index (χ0n) is 10.1. The lowest BCUT2D eigenvalue weighted by Crippen LogP contribution is -2.08. The molecule has 1 heterocycles. The van der Waals surface area contributed by atoms with Gasteiger partial charge >= 0.3 is 5.97 Å². The third kappa shape index (κ3) is 2.89. The van der Waals surface area contributed by atoms with E-state index in [1.807, 2.05) is 13.0 Å². The number of carboxylic acids is 1. The van der Waals surface area contributed by atoms with Gasteiger partial charge in [0.05, 0.1) is 17.3 Å². The van der Waals surface area contributed by atoms with Crippen molar-refractivity contribution in [1.82, 2.24) is 4.98 Å². The number of nitrogens with one attached hydrogen (secondary N) is 1. The molecule has 0 aliphatic carbocycles. The summed E-state index contributed by atoms with van der Waals surface area (Å²) in [6, 6.07) is 9.10. The molecule has 2 aromatic rings. The van der Waals surface area contributed by atoms with Gasteiger partial charge in [-0.3, -0.25) is 0 Å². The molecular weight excluding hydrogens is 262 g/mol. The van der Waals surface area contributed by atoms with Crippen molar-refractivity contribution in [1.29, 1.82) is 5.26 Å². The fourth-order valence-electron chi connectivity index (χ4n) is 1.59. The number of nitriles is 1. The Morgan fingerprint density at radius 3 is 2.89 bits per heavy atom. The van der Waals surface area contributed by atoms with Gasteiger partial charge in [-0.05, 0) is 19.1 Å². The van der Waals surface area contributed by atoms with Crippen LogP contribution in [0.5, 0.6) is 0 Å². The minimum atomic E-state index is -1.04. The van der Waals surface area contributed by atoms with E-state index in [0.29, 0.717) is 16.3 Å². The normalized spacial score (nSPS) is 11.6. The number of hydrogen-bond donors (Lipinski definition) is 2. The van der Waals surface area contributed by atoms with Gasteiger partial charge in [0.2, 0.25) is 0 Å². The number of rotatable bonds is 4. The molecular formula is C13H11N3O2S. The van der Waals surface area contributed by atoms with E-state index in [0.717, 1.165) is 0 Å². The van der Waals surface area contributed by atoms with Crippen LogP contribution in [0.25, 0.3) is 0 Å². The van der Waals surface area contributed by atoms with Crippen LogP contribution in [0.4, 0.5) is 5.69 Å². The molecule has 19 heavy (non-hydrogen) atoms. The largest absolute Gasteiger partial charge is 0.476 e. The Morgan fingerprint density at radius 2 is 2.26 bits per heavy atom. The summed E-state index contributed by atoms with van der Waals surface area (Å²) in [7, 11) is 0. The molecule has 0 aliphatic rings. The molecule has 1 aromatic heterocycles. The van der Waals surface area contributed by atoms with Crippen molar-refractivity contribution in [2.24, 2.45) is 0 Å². The van der Waals surface area contributed by atoms with E-state index in [9.17, 15) is 4.79 Å². The van der Waals surface area contributed by atoms with Gasteiger partial charge in [-0.2, -0.15) is 5.26 Å². The number of para-hydroxylation sites is 1. The smallest absolute Gasteiger partial charge is 0.355 e. The molecule has 1 atom stereocenters. The van der Waals surface area contributed by atoms with Gasteiger partial charge in [0.15, 0.2) is 5.69 Å². The summed E-state index contributed by atoms with van der Waals surface area (Å²) in [5.41, 5.74) is 1.30. The molecule has 0 bridgehead atoms. The van der Waals surface area contributed by atoms with Crippen molar-refractivity contribution in [3.05, 3.63) is 45.9 Å². The quantitative estimate of drug-likeness (QED) is 0.894. The molecule has 2 N–H and O–H groups in total. The Bertz CT molecular complexity index is 645. The summed E-state index contributed by atoms with van der Waals surface area (Å²) in [4.78, 5) is 14.8. The van der Waals surface area contributed by atoms with Gasteiger partial charge in [0.1, 0.15) is 11.1 Å². The molecule has 1 aromatic carbocycles. The molecule has 0 radical (unpaired) electrons. The number of thiazole rings is 1. The number of carboxylic acid groups (broad SMARTS) is 1. The van der Waals surface area contributed by atoms with Crippen molar-refractivity contribution in [2.45, 2.75) is 13.0 Å². The zero-order chi connectivity index (χ0) is 13.8. The Kier molecular flexibility index (Phi) is 3.78. The molecule has 0 aliphatic heterocycles. The van der Waals surface area contributed by atoms with Crippen LogP contribution in [0.1, 0.15) is 34.0 Å². The third-order valence-electron chi connectivity index (χ3n) is 2.53. The first-order chi connectivity index (χ1) is 9.11. The minimum absolute atomic E-state index is 0.0437. The summed E-state index contributed by atoms with van der Waals surface area (Å²) in [5, 5.41) is 23.2. The molecule has 0 fully saturated rings. The molecule has 6 heteroatoms. The highest BCUT2D eigenvalue weighted by atomic mass is 32.1. The van der Waals surface area contributed by atoms with Crippen LogP contribution in [0.3, 0.4) is 0 Å². The van der Waals surface area contributed by atoms with Crippen LogP contribution >= 0.6 is 11.3 Å². The highest BCUT2D eigenvalue weighted by molar-refractivity contribution is 7.09. The second-order valence-corrected chi connectivity index (χ2v) is 4.79. The maximum Gasteiger partial charge on any atom is 0.355 e. The Hall–Kier alpha value is -2.39. The number of aromatic carboxylic acids is 1. The molecule has 1 unspecified atom stereocenters. The Labute approximate surface area is 114 Å². The van der Waals surface area contributed by atoms with E-state index in [1.165, 1.54) is 16.7 Å². The lowest BCUT2D eigenvalue weighted by molar-refractivity contribution is 0.0691. The van der Waals surface area contributed by atoms with Crippen LogP contribution in [0, 0.1) is 11.3 Å².